The highest BCUT2D eigenvalue weighted by Crippen LogP contribution is 2.22. The molecule has 0 aliphatic carbocycles. The molecule has 1 aromatic rings. The van der Waals surface area contributed by atoms with Crippen LogP contribution in [0.4, 0.5) is 5.69 Å². The molecule has 0 saturated carbocycles. The average molecular weight is 311 g/mol. The third-order valence-corrected chi connectivity index (χ3v) is 3.57. The highest BCUT2D eigenvalue weighted by atomic mass is 35.5. The smallest absolute Gasteiger partial charge is 0.238 e. The van der Waals surface area contributed by atoms with Gasteiger partial charge in [0.15, 0.2) is 0 Å². The second kappa shape index (κ2) is 8.40. The van der Waals surface area contributed by atoms with Crippen LogP contribution in [0.15, 0.2) is 18.2 Å². The number of hydrogen-bond donors (Lipinski definition) is 1. The van der Waals surface area contributed by atoms with Crippen molar-refractivity contribution in [2.75, 3.05) is 25.0 Å². The van der Waals surface area contributed by atoms with E-state index in [0.717, 1.165) is 24.3 Å². The summed E-state index contributed by atoms with van der Waals surface area (Å²) >= 11 is 6.08. The molecule has 118 valence electrons. The number of nitrogens with zero attached hydrogens (tertiary/aromatic N) is 1. The Morgan fingerprint density at radius 1 is 1.19 bits per heavy atom. The zero-order chi connectivity index (χ0) is 16.0. The molecule has 0 atom stereocenters. The SMILES string of the molecule is Cc1c(Cl)cccc1NC(=O)CN(CC(C)C)CC(C)C. The maximum atomic E-state index is 12.3. The van der Waals surface area contributed by atoms with E-state index in [1.54, 1.807) is 0 Å². The third-order valence-electron chi connectivity index (χ3n) is 3.16. The van der Waals surface area contributed by atoms with Crippen LogP contribution in [0.1, 0.15) is 33.3 Å². The van der Waals surface area contributed by atoms with Gasteiger partial charge in [0.05, 0.1) is 6.54 Å². The number of amides is 1. The monoisotopic (exact) mass is 310 g/mol. The second-order valence-electron chi connectivity index (χ2n) is 6.44. The normalized spacial score (nSPS) is 11.5. The van der Waals surface area contributed by atoms with E-state index in [0.29, 0.717) is 23.4 Å². The first-order valence-electron chi connectivity index (χ1n) is 7.57. The first-order chi connectivity index (χ1) is 9.79. The molecule has 0 aliphatic rings. The summed E-state index contributed by atoms with van der Waals surface area (Å²) < 4.78 is 0. The lowest BCUT2D eigenvalue weighted by Gasteiger charge is -2.25. The van der Waals surface area contributed by atoms with Gasteiger partial charge in [-0.2, -0.15) is 0 Å². The molecule has 1 N–H and O–H groups in total. The maximum Gasteiger partial charge on any atom is 0.238 e. The Bertz CT molecular complexity index is 462. The molecule has 0 heterocycles. The van der Waals surface area contributed by atoms with Gasteiger partial charge in [0.2, 0.25) is 5.91 Å². The third kappa shape index (κ3) is 6.49. The van der Waals surface area contributed by atoms with Crippen LogP contribution in [-0.2, 0) is 4.79 Å². The van der Waals surface area contributed by atoms with Crippen LogP contribution in [0.5, 0.6) is 0 Å². The molecule has 0 saturated heterocycles. The molecule has 0 aromatic heterocycles. The minimum atomic E-state index is 0.0154. The van der Waals surface area contributed by atoms with Crippen LogP contribution in [0.25, 0.3) is 0 Å². The number of nitrogens with one attached hydrogen (secondary N) is 1. The Labute approximate surface area is 133 Å². The molecule has 1 amide bonds. The van der Waals surface area contributed by atoms with Crippen molar-refractivity contribution in [3.05, 3.63) is 28.8 Å². The molecule has 0 bridgehead atoms. The highest BCUT2D eigenvalue weighted by molar-refractivity contribution is 6.31. The zero-order valence-electron chi connectivity index (χ0n) is 13.7. The van der Waals surface area contributed by atoms with Gasteiger partial charge in [-0.15, -0.1) is 0 Å². The standard InChI is InChI=1S/C17H27ClN2O/c1-12(2)9-20(10-13(3)4)11-17(21)19-16-8-6-7-15(18)14(16)5/h6-8,12-13H,9-11H2,1-5H3,(H,19,21). The lowest BCUT2D eigenvalue weighted by molar-refractivity contribution is -0.117. The first kappa shape index (κ1) is 18.0. The predicted molar refractivity (Wildman–Crippen MR) is 90.9 cm³/mol. The Kier molecular flexibility index (Phi) is 7.20. The summed E-state index contributed by atoms with van der Waals surface area (Å²) in [7, 11) is 0. The van der Waals surface area contributed by atoms with Gasteiger partial charge in [0, 0.05) is 23.8 Å². The van der Waals surface area contributed by atoms with Crippen molar-refractivity contribution in [2.24, 2.45) is 11.8 Å². The molecule has 0 radical (unpaired) electrons. The topological polar surface area (TPSA) is 32.3 Å². The van der Waals surface area contributed by atoms with Crippen molar-refractivity contribution in [3.8, 4) is 0 Å². The van der Waals surface area contributed by atoms with E-state index in [9.17, 15) is 4.79 Å². The van der Waals surface area contributed by atoms with Crippen LogP contribution in [0.3, 0.4) is 0 Å². The quantitative estimate of drug-likeness (QED) is 0.818. The van der Waals surface area contributed by atoms with Gasteiger partial charge in [0.1, 0.15) is 0 Å². The molecule has 0 unspecified atom stereocenters. The van der Waals surface area contributed by atoms with Gasteiger partial charge in [-0.3, -0.25) is 9.69 Å². The summed E-state index contributed by atoms with van der Waals surface area (Å²) in [4.78, 5) is 14.5. The van der Waals surface area contributed by atoms with Gasteiger partial charge < -0.3 is 5.32 Å². The molecule has 3 nitrogen and oxygen atoms in total. The summed E-state index contributed by atoms with van der Waals surface area (Å²) in [5.74, 6) is 1.11. The molecule has 21 heavy (non-hydrogen) atoms. The van der Waals surface area contributed by atoms with Crippen molar-refractivity contribution in [1.29, 1.82) is 0 Å². The first-order valence-corrected chi connectivity index (χ1v) is 7.94. The summed E-state index contributed by atoms with van der Waals surface area (Å²) in [6.45, 7) is 12.9. The largest absolute Gasteiger partial charge is 0.325 e. The van der Waals surface area contributed by atoms with Gasteiger partial charge in [-0.25, -0.2) is 0 Å². The van der Waals surface area contributed by atoms with Crippen molar-refractivity contribution in [3.63, 3.8) is 0 Å². The van der Waals surface area contributed by atoms with E-state index in [4.69, 9.17) is 11.6 Å². The molecular formula is C17H27ClN2O. The predicted octanol–water partition coefficient (Wildman–Crippen LogP) is 4.20. The lowest BCUT2D eigenvalue weighted by Crippen LogP contribution is -2.38. The van der Waals surface area contributed by atoms with Gasteiger partial charge in [-0.1, -0.05) is 45.4 Å². The van der Waals surface area contributed by atoms with Crippen LogP contribution < -0.4 is 5.32 Å². The Morgan fingerprint density at radius 3 is 2.29 bits per heavy atom. The van der Waals surface area contributed by atoms with E-state index in [1.807, 2.05) is 25.1 Å². The summed E-state index contributed by atoms with van der Waals surface area (Å²) in [5.41, 5.74) is 1.70. The van der Waals surface area contributed by atoms with Crippen molar-refractivity contribution in [2.45, 2.75) is 34.6 Å². The summed E-state index contributed by atoms with van der Waals surface area (Å²) in [5, 5.41) is 3.64. The maximum absolute atomic E-state index is 12.3. The van der Waals surface area contributed by atoms with Gasteiger partial charge >= 0.3 is 0 Å². The second-order valence-corrected chi connectivity index (χ2v) is 6.85. The number of anilines is 1. The molecule has 4 heteroatoms. The van der Waals surface area contributed by atoms with Crippen molar-refractivity contribution in [1.82, 2.24) is 4.90 Å². The average Bonchev–Trinajstić information content (AvgIpc) is 2.33. The van der Waals surface area contributed by atoms with E-state index in [1.165, 1.54) is 0 Å². The number of rotatable bonds is 7. The van der Waals surface area contributed by atoms with E-state index in [-0.39, 0.29) is 5.91 Å². The molecular weight excluding hydrogens is 284 g/mol. The van der Waals surface area contributed by atoms with Crippen molar-refractivity contribution >= 4 is 23.2 Å². The minimum absolute atomic E-state index is 0.0154. The fraction of sp³-hybridized carbons (Fsp3) is 0.588. The van der Waals surface area contributed by atoms with Crippen LogP contribution in [0.2, 0.25) is 5.02 Å². The molecule has 0 fully saturated rings. The molecule has 1 rings (SSSR count). The molecule has 1 aromatic carbocycles. The van der Waals surface area contributed by atoms with Crippen molar-refractivity contribution < 1.29 is 4.79 Å². The van der Waals surface area contributed by atoms with E-state index < -0.39 is 0 Å². The zero-order valence-corrected chi connectivity index (χ0v) is 14.5. The lowest BCUT2D eigenvalue weighted by atomic mass is 10.1. The fourth-order valence-electron chi connectivity index (χ4n) is 2.37. The van der Waals surface area contributed by atoms with Crippen LogP contribution >= 0.6 is 11.6 Å². The number of carbonyl (C=O) groups is 1. The minimum Gasteiger partial charge on any atom is -0.325 e. The van der Waals surface area contributed by atoms with E-state index in [2.05, 4.69) is 37.9 Å². The summed E-state index contributed by atoms with van der Waals surface area (Å²) in [6.07, 6.45) is 0. The van der Waals surface area contributed by atoms with E-state index >= 15 is 0 Å². The van der Waals surface area contributed by atoms with Crippen LogP contribution in [0, 0.1) is 18.8 Å². The van der Waals surface area contributed by atoms with Crippen LogP contribution in [-0.4, -0.2) is 30.4 Å². The molecule has 0 spiro atoms. The highest BCUT2D eigenvalue weighted by Gasteiger charge is 2.14. The molecule has 0 aliphatic heterocycles. The number of halogens is 1. The number of carbonyl (C=O) groups excluding carboxylic acids is 1. The number of hydrogen-bond acceptors (Lipinski definition) is 2. The van der Waals surface area contributed by atoms with Gasteiger partial charge in [0.25, 0.3) is 0 Å². The number of benzene rings is 1. The Balaban J connectivity index is 2.66. The van der Waals surface area contributed by atoms with Gasteiger partial charge in [-0.05, 0) is 36.5 Å². The fourth-order valence-corrected chi connectivity index (χ4v) is 2.55. The Morgan fingerprint density at radius 2 is 1.76 bits per heavy atom. The Hall–Kier alpha value is -1.06. The summed E-state index contributed by atoms with van der Waals surface area (Å²) in [6, 6.07) is 5.57.